The third kappa shape index (κ3) is 4.07. The number of H-pyrrole nitrogens is 2. The lowest BCUT2D eigenvalue weighted by Crippen LogP contribution is -1.96. The molecule has 0 amide bonds. The summed E-state index contributed by atoms with van der Waals surface area (Å²) >= 11 is 9.88. The summed E-state index contributed by atoms with van der Waals surface area (Å²) in [6.07, 6.45) is 0. The summed E-state index contributed by atoms with van der Waals surface area (Å²) in [6.45, 7) is 0. The van der Waals surface area contributed by atoms with Gasteiger partial charge in [-0.2, -0.15) is 10.4 Å². The van der Waals surface area contributed by atoms with E-state index in [-0.39, 0.29) is 0 Å². The molecule has 0 radical (unpaired) electrons. The Morgan fingerprint density at radius 1 is 0.769 bits per heavy atom. The molecule has 0 aliphatic heterocycles. The van der Waals surface area contributed by atoms with Gasteiger partial charge in [-0.25, -0.2) is 9.36 Å². The first-order valence-corrected chi connectivity index (χ1v) is 8.21. The van der Waals surface area contributed by atoms with Gasteiger partial charge in [0.25, 0.3) is 0 Å². The molecule has 0 aliphatic carbocycles. The summed E-state index contributed by atoms with van der Waals surface area (Å²) in [5.41, 5.74) is 1.81. The number of methoxy groups -OCH3 is 1. The second-order valence-corrected chi connectivity index (χ2v) is 5.60. The van der Waals surface area contributed by atoms with E-state index in [1.165, 1.54) is 0 Å². The van der Waals surface area contributed by atoms with Gasteiger partial charge < -0.3 is 4.74 Å². The van der Waals surface area contributed by atoms with Crippen molar-refractivity contribution < 1.29 is 4.74 Å². The van der Waals surface area contributed by atoms with Crippen LogP contribution in [-0.2, 0) is 0 Å². The molecule has 0 spiro atoms. The fourth-order valence-electron chi connectivity index (χ4n) is 2.04. The Kier molecular flexibility index (Phi) is 5.61. The highest BCUT2D eigenvalue weighted by Crippen LogP contribution is 2.13. The van der Waals surface area contributed by atoms with E-state index in [9.17, 15) is 0 Å². The molecule has 2 N–H and O–H groups in total. The fraction of sp³-hybridized carbons (Fsp3) is 0.0667. The van der Waals surface area contributed by atoms with Crippen LogP contribution in [0.15, 0.2) is 54.6 Å². The Labute approximate surface area is 158 Å². The molecular weight excluding hydrogens is 372 g/mol. The maximum absolute atomic E-state index is 5.04. The van der Waals surface area contributed by atoms with Crippen molar-refractivity contribution in [3.8, 4) is 17.1 Å². The SMILES string of the molecule is COc1ccc(-n2[nH]nnc2=S)cc1.S=c1nn[nH]n1-c1ccccc1. The molecule has 2 aromatic carbocycles. The molecule has 0 atom stereocenters. The molecule has 4 rings (SSSR count). The van der Waals surface area contributed by atoms with Gasteiger partial charge in [0, 0.05) is 0 Å². The largest absolute Gasteiger partial charge is 0.497 e. The van der Waals surface area contributed by atoms with Gasteiger partial charge in [-0.05, 0) is 60.8 Å². The number of hydrogen-bond donors (Lipinski definition) is 2. The van der Waals surface area contributed by atoms with E-state index in [0.717, 1.165) is 17.1 Å². The Morgan fingerprint density at radius 3 is 1.69 bits per heavy atom. The molecule has 0 aliphatic rings. The lowest BCUT2D eigenvalue weighted by atomic mass is 10.3. The topological polar surface area (TPSA) is 102 Å². The van der Waals surface area contributed by atoms with Gasteiger partial charge in [0.15, 0.2) is 0 Å². The minimum atomic E-state index is 0.398. The Balaban J connectivity index is 0.000000152. The Hall–Kier alpha value is -3.18. The second kappa shape index (κ2) is 8.27. The molecule has 0 saturated heterocycles. The van der Waals surface area contributed by atoms with Crippen LogP contribution >= 0.6 is 24.4 Å². The summed E-state index contributed by atoms with van der Waals surface area (Å²) < 4.78 is 9.11. The van der Waals surface area contributed by atoms with E-state index in [0.29, 0.717) is 9.54 Å². The number of nitrogens with zero attached hydrogens (tertiary/aromatic N) is 6. The molecule has 0 bridgehead atoms. The molecule has 132 valence electrons. The molecule has 11 heteroatoms. The number of aromatic nitrogens is 8. The summed E-state index contributed by atoms with van der Waals surface area (Å²) in [5, 5.41) is 19.9. The van der Waals surface area contributed by atoms with E-state index in [4.69, 9.17) is 29.2 Å². The molecule has 9 nitrogen and oxygen atoms in total. The van der Waals surface area contributed by atoms with Crippen LogP contribution in [0, 0.1) is 9.54 Å². The molecule has 26 heavy (non-hydrogen) atoms. The summed E-state index contributed by atoms with van der Waals surface area (Å²) in [6, 6.07) is 17.1. The van der Waals surface area contributed by atoms with Crippen LogP contribution in [0.5, 0.6) is 5.75 Å². The lowest BCUT2D eigenvalue weighted by molar-refractivity contribution is 0.414. The fourth-order valence-corrected chi connectivity index (χ4v) is 2.41. The molecule has 2 aromatic heterocycles. The van der Waals surface area contributed by atoms with Gasteiger partial charge in [-0.3, -0.25) is 0 Å². The van der Waals surface area contributed by atoms with E-state index in [1.54, 1.807) is 16.5 Å². The van der Waals surface area contributed by atoms with Crippen LogP contribution < -0.4 is 4.74 Å². The number of nitrogens with one attached hydrogen (secondary N) is 2. The number of tetrazole rings is 2. The first kappa shape index (κ1) is 17.6. The first-order chi connectivity index (χ1) is 12.7. The minimum absolute atomic E-state index is 0.398. The smallest absolute Gasteiger partial charge is 0.242 e. The van der Waals surface area contributed by atoms with Crippen LogP contribution in [0.2, 0.25) is 0 Å². The van der Waals surface area contributed by atoms with Crippen LogP contribution in [0.3, 0.4) is 0 Å². The van der Waals surface area contributed by atoms with Crippen molar-refractivity contribution in [3.05, 3.63) is 64.1 Å². The van der Waals surface area contributed by atoms with E-state index in [1.807, 2.05) is 54.6 Å². The van der Waals surface area contributed by atoms with Gasteiger partial charge in [-0.15, -0.1) is 0 Å². The Morgan fingerprint density at radius 2 is 1.27 bits per heavy atom. The molecule has 2 heterocycles. The summed E-state index contributed by atoms with van der Waals surface area (Å²) in [5.74, 6) is 0.799. The predicted octanol–water partition coefficient (Wildman–Crippen LogP) is 2.66. The van der Waals surface area contributed by atoms with Crippen molar-refractivity contribution in [2.24, 2.45) is 0 Å². The highest BCUT2D eigenvalue weighted by molar-refractivity contribution is 7.71. The van der Waals surface area contributed by atoms with E-state index < -0.39 is 0 Å². The highest BCUT2D eigenvalue weighted by Gasteiger charge is 1.99. The molecule has 4 aromatic rings. The van der Waals surface area contributed by atoms with Gasteiger partial charge >= 0.3 is 0 Å². The number of ether oxygens (including phenoxy) is 1. The number of rotatable bonds is 3. The van der Waals surface area contributed by atoms with Crippen LogP contribution in [0.1, 0.15) is 0 Å². The summed E-state index contributed by atoms with van der Waals surface area (Å²) in [7, 11) is 1.62. The van der Waals surface area contributed by atoms with E-state index >= 15 is 0 Å². The average molecular weight is 386 g/mol. The zero-order chi connectivity index (χ0) is 18.4. The van der Waals surface area contributed by atoms with Crippen LogP contribution in [0.25, 0.3) is 11.4 Å². The highest BCUT2D eigenvalue weighted by atomic mass is 32.1. The molecule has 0 fully saturated rings. The van der Waals surface area contributed by atoms with Crippen molar-refractivity contribution in [1.82, 2.24) is 40.4 Å². The first-order valence-electron chi connectivity index (χ1n) is 7.39. The number of aromatic amines is 2. The Bertz CT molecular complexity index is 1060. The standard InChI is InChI=1S/C8H8N4OS.C7H6N4S/c1-13-7-4-2-6(3-5-7)12-8(14)9-10-11-12;12-7-8-9-10-11(7)6-4-2-1-3-5-6/h2-5H,1H3,(H,9,11,14);1-5H,(H,8,10,12). The van der Waals surface area contributed by atoms with Gasteiger partial charge in [0.2, 0.25) is 9.54 Å². The zero-order valence-corrected chi connectivity index (χ0v) is 15.2. The maximum atomic E-state index is 5.04. The number of hydrogen-bond acceptors (Lipinski definition) is 7. The maximum Gasteiger partial charge on any atom is 0.242 e. The monoisotopic (exact) mass is 386 g/mol. The quantitative estimate of drug-likeness (QED) is 0.522. The van der Waals surface area contributed by atoms with Crippen molar-refractivity contribution in [2.75, 3.05) is 7.11 Å². The molecule has 0 unspecified atom stereocenters. The zero-order valence-electron chi connectivity index (χ0n) is 13.6. The van der Waals surface area contributed by atoms with Crippen molar-refractivity contribution in [3.63, 3.8) is 0 Å². The van der Waals surface area contributed by atoms with Crippen molar-refractivity contribution in [1.29, 1.82) is 0 Å². The lowest BCUT2D eigenvalue weighted by Gasteiger charge is -2.02. The van der Waals surface area contributed by atoms with Crippen molar-refractivity contribution >= 4 is 24.4 Å². The molecule has 0 saturated carbocycles. The molecular formula is C15H14N8OS2. The minimum Gasteiger partial charge on any atom is -0.497 e. The van der Waals surface area contributed by atoms with Crippen LogP contribution in [-0.4, -0.2) is 47.5 Å². The van der Waals surface area contributed by atoms with Gasteiger partial charge in [0.1, 0.15) is 5.75 Å². The summed E-state index contributed by atoms with van der Waals surface area (Å²) in [4.78, 5) is 0. The predicted molar refractivity (Wildman–Crippen MR) is 99.6 cm³/mol. The third-order valence-electron chi connectivity index (χ3n) is 3.29. The van der Waals surface area contributed by atoms with Crippen LogP contribution in [0.4, 0.5) is 0 Å². The number of benzene rings is 2. The van der Waals surface area contributed by atoms with Gasteiger partial charge in [-0.1, -0.05) is 38.8 Å². The average Bonchev–Trinajstić information content (AvgIpc) is 3.31. The second-order valence-electron chi connectivity index (χ2n) is 4.87. The van der Waals surface area contributed by atoms with Gasteiger partial charge in [0.05, 0.1) is 18.5 Å². The normalized spacial score (nSPS) is 10.0. The van der Waals surface area contributed by atoms with Crippen molar-refractivity contribution in [2.45, 2.75) is 0 Å². The number of para-hydroxylation sites is 1. The third-order valence-corrected chi connectivity index (χ3v) is 3.82. The van der Waals surface area contributed by atoms with E-state index in [2.05, 4.69) is 31.1 Å².